The Hall–Kier alpha value is -5.27. The summed E-state index contributed by atoms with van der Waals surface area (Å²) in [5, 5.41) is 4.51. The van der Waals surface area contributed by atoms with Crippen LogP contribution in [0.2, 0.25) is 0 Å². The van der Waals surface area contributed by atoms with Gasteiger partial charge < -0.3 is 14.0 Å². The predicted octanol–water partition coefficient (Wildman–Crippen LogP) is 8.72. The van der Waals surface area contributed by atoms with E-state index in [-0.39, 0.29) is 0 Å². The molecule has 0 radical (unpaired) electrons. The number of pyridine rings is 1. The molecule has 0 amide bonds. The lowest BCUT2D eigenvalue weighted by atomic mass is 10.00. The minimum atomic E-state index is -3.48. The van der Waals surface area contributed by atoms with Crippen molar-refractivity contribution in [2.24, 2.45) is 0 Å². The normalized spacial score (nSPS) is 18.6. The Morgan fingerprint density at radius 2 is 0.980 bits per heavy atom. The molecule has 0 bridgehead atoms. The average molecular weight is 685 g/mol. The molecule has 0 N–H and O–H groups in total. The Morgan fingerprint density at radius 1 is 0.460 bits per heavy atom. The van der Waals surface area contributed by atoms with E-state index in [1.807, 2.05) is 79.0 Å². The van der Waals surface area contributed by atoms with Gasteiger partial charge in [-0.3, -0.25) is 4.98 Å². The maximum Gasteiger partial charge on any atom is 0.175 e. The fraction of sp³-hybridized carbons (Fsp3) is 0.0682. The first-order valence-corrected chi connectivity index (χ1v) is 20.2. The van der Waals surface area contributed by atoms with E-state index in [0.717, 1.165) is 77.4 Å². The van der Waals surface area contributed by atoms with Crippen molar-refractivity contribution < 1.29 is 9.13 Å². The van der Waals surface area contributed by atoms with Crippen molar-refractivity contribution in [2.45, 2.75) is 20.8 Å². The number of fused-ring (bicyclic) bond motifs is 4. The van der Waals surface area contributed by atoms with E-state index in [9.17, 15) is 0 Å². The van der Waals surface area contributed by atoms with E-state index >= 15 is 9.13 Å². The molecule has 2 atom stereocenters. The molecule has 50 heavy (non-hydrogen) atoms. The highest BCUT2D eigenvalue weighted by molar-refractivity contribution is 7.88. The summed E-state index contributed by atoms with van der Waals surface area (Å²) in [4.78, 5) is 6.89. The summed E-state index contributed by atoms with van der Waals surface area (Å²) < 4.78 is 32.7. The second kappa shape index (κ2) is 11.4. The standard InChI is InChI=1S/C44H34N2O2P2/c1-29-17-19-38-40(24-29)49(47,35-13-6-4-7-14-35)42-27-34(32-11-10-12-33(26-32)37-23-31(3)21-22-45-37)28-43-44(42)46(38)39-20-18-30(2)25-41(39)50(43,48)36-15-8-5-9-16-36/h4-28H,1-3H3. The Morgan fingerprint density at radius 3 is 1.52 bits per heavy atom. The zero-order chi connectivity index (χ0) is 34.2. The number of hydrogen-bond acceptors (Lipinski definition) is 4. The van der Waals surface area contributed by atoms with Crippen molar-refractivity contribution in [1.82, 2.24) is 4.98 Å². The van der Waals surface area contributed by atoms with E-state index in [1.165, 1.54) is 0 Å². The van der Waals surface area contributed by atoms with Crippen LogP contribution in [0.25, 0.3) is 22.4 Å². The van der Waals surface area contributed by atoms with Crippen molar-refractivity contribution in [3.8, 4) is 22.4 Å². The maximum atomic E-state index is 16.4. The van der Waals surface area contributed by atoms with Crippen LogP contribution in [-0.4, -0.2) is 4.98 Å². The molecule has 0 saturated heterocycles. The van der Waals surface area contributed by atoms with Crippen LogP contribution >= 0.6 is 14.3 Å². The lowest BCUT2D eigenvalue weighted by Crippen LogP contribution is -2.46. The monoisotopic (exact) mass is 684 g/mol. The molecule has 3 heterocycles. The molecule has 0 fully saturated rings. The summed E-state index contributed by atoms with van der Waals surface area (Å²) in [5.74, 6) is 0. The Kier molecular flexibility index (Phi) is 7.01. The lowest BCUT2D eigenvalue weighted by Gasteiger charge is -2.44. The average Bonchev–Trinajstić information content (AvgIpc) is 3.15. The minimum Gasteiger partial charge on any atom is -0.308 e. The van der Waals surface area contributed by atoms with Crippen LogP contribution in [0.3, 0.4) is 0 Å². The molecule has 4 nitrogen and oxygen atoms in total. The van der Waals surface area contributed by atoms with Crippen LogP contribution in [0.5, 0.6) is 0 Å². The molecular weight excluding hydrogens is 650 g/mol. The largest absolute Gasteiger partial charge is 0.308 e. The highest BCUT2D eigenvalue weighted by Gasteiger charge is 2.50. The van der Waals surface area contributed by atoms with Gasteiger partial charge in [0.2, 0.25) is 0 Å². The van der Waals surface area contributed by atoms with E-state index in [2.05, 4.69) is 103 Å². The van der Waals surface area contributed by atoms with Crippen molar-refractivity contribution in [1.29, 1.82) is 0 Å². The minimum absolute atomic E-state index is 0.704. The van der Waals surface area contributed by atoms with Crippen LogP contribution in [0, 0.1) is 20.8 Å². The van der Waals surface area contributed by atoms with Crippen LogP contribution in [0.4, 0.5) is 17.1 Å². The lowest BCUT2D eigenvalue weighted by molar-refractivity contribution is 0.592. The molecule has 6 heteroatoms. The van der Waals surface area contributed by atoms with E-state index in [4.69, 9.17) is 0 Å². The van der Waals surface area contributed by atoms with Crippen molar-refractivity contribution in [2.75, 3.05) is 4.90 Å². The highest BCUT2D eigenvalue weighted by Crippen LogP contribution is 2.61. The number of anilines is 3. The number of aromatic nitrogens is 1. The molecule has 242 valence electrons. The molecule has 9 rings (SSSR count). The predicted molar refractivity (Wildman–Crippen MR) is 210 cm³/mol. The van der Waals surface area contributed by atoms with Gasteiger partial charge in [0.25, 0.3) is 0 Å². The molecule has 2 aliphatic rings. The highest BCUT2D eigenvalue weighted by atomic mass is 31.2. The molecule has 0 saturated carbocycles. The fourth-order valence-corrected chi connectivity index (χ4v) is 14.0. The molecule has 6 aromatic carbocycles. The topological polar surface area (TPSA) is 50.3 Å². The third-order valence-corrected chi connectivity index (χ3v) is 16.2. The van der Waals surface area contributed by atoms with Crippen LogP contribution in [-0.2, 0) is 9.13 Å². The molecule has 0 aliphatic carbocycles. The Balaban J connectivity index is 1.44. The van der Waals surface area contributed by atoms with Gasteiger partial charge in [-0.15, -0.1) is 0 Å². The SMILES string of the molecule is Cc1ccnc(-c2cccc(-c3cc4c5c(c3)P(=O)(c3ccccc3)c3cc(C)ccc3N5c3ccc(C)cc3P4(=O)c3ccccc3)c2)c1. The van der Waals surface area contributed by atoms with Gasteiger partial charge in [-0.25, -0.2) is 0 Å². The van der Waals surface area contributed by atoms with E-state index in [1.54, 1.807) is 0 Å². The summed E-state index contributed by atoms with van der Waals surface area (Å²) in [6.45, 7) is 6.17. The van der Waals surface area contributed by atoms with Gasteiger partial charge in [0, 0.05) is 43.6 Å². The van der Waals surface area contributed by atoms with E-state index < -0.39 is 14.3 Å². The summed E-state index contributed by atoms with van der Waals surface area (Å²) in [6, 6.07) is 48.7. The molecule has 1 aromatic heterocycles. The van der Waals surface area contributed by atoms with Gasteiger partial charge >= 0.3 is 0 Å². The molecule has 2 unspecified atom stereocenters. The fourth-order valence-electron chi connectivity index (χ4n) is 7.64. The first-order chi connectivity index (χ1) is 24.3. The van der Waals surface area contributed by atoms with Gasteiger partial charge in [0.05, 0.1) is 22.8 Å². The van der Waals surface area contributed by atoms with Gasteiger partial charge in [-0.05, 0) is 92.1 Å². The van der Waals surface area contributed by atoms with E-state index in [0.29, 0.717) is 10.6 Å². The third-order valence-electron chi connectivity index (χ3n) is 10.0. The van der Waals surface area contributed by atoms with Crippen molar-refractivity contribution >= 4 is 63.2 Å². The second-order valence-electron chi connectivity index (χ2n) is 13.4. The number of benzene rings is 6. The number of nitrogens with zero attached hydrogens (tertiary/aromatic N) is 2. The summed E-state index contributed by atoms with van der Waals surface area (Å²) >= 11 is 0. The molecule has 2 aliphatic heterocycles. The first kappa shape index (κ1) is 30.8. The first-order valence-electron chi connectivity index (χ1n) is 16.8. The summed E-state index contributed by atoms with van der Waals surface area (Å²) in [6.07, 6.45) is 1.83. The quantitative estimate of drug-likeness (QED) is 0.174. The smallest absolute Gasteiger partial charge is 0.175 e. The Bertz CT molecular complexity index is 2470. The van der Waals surface area contributed by atoms with Crippen LogP contribution in [0.1, 0.15) is 16.7 Å². The second-order valence-corrected chi connectivity index (χ2v) is 18.8. The molecular formula is C44H34N2O2P2. The number of rotatable bonds is 4. The molecule has 7 aromatic rings. The molecule has 0 spiro atoms. The summed E-state index contributed by atoms with van der Waals surface area (Å²) in [5.41, 5.74) is 9.38. The third kappa shape index (κ3) is 4.49. The van der Waals surface area contributed by atoms with Crippen LogP contribution in [0.15, 0.2) is 152 Å². The van der Waals surface area contributed by atoms with Gasteiger partial charge in [-0.2, -0.15) is 0 Å². The number of hydrogen-bond donors (Lipinski definition) is 0. The van der Waals surface area contributed by atoms with Crippen LogP contribution < -0.4 is 36.7 Å². The van der Waals surface area contributed by atoms with Gasteiger partial charge in [0.1, 0.15) is 0 Å². The van der Waals surface area contributed by atoms with Gasteiger partial charge in [0.15, 0.2) is 14.3 Å². The Labute approximate surface area is 292 Å². The maximum absolute atomic E-state index is 16.4. The zero-order valence-electron chi connectivity index (χ0n) is 28.0. The van der Waals surface area contributed by atoms with Gasteiger partial charge in [-0.1, -0.05) is 102 Å². The zero-order valence-corrected chi connectivity index (χ0v) is 29.8. The summed E-state index contributed by atoms with van der Waals surface area (Å²) in [7, 11) is -6.97. The van der Waals surface area contributed by atoms with Crippen molar-refractivity contribution in [3.63, 3.8) is 0 Å². The number of aryl methyl sites for hydroxylation is 3. The van der Waals surface area contributed by atoms with Crippen molar-refractivity contribution in [3.05, 3.63) is 168 Å².